The van der Waals surface area contributed by atoms with Crippen molar-refractivity contribution in [1.29, 1.82) is 0 Å². The first-order valence-electron chi connectivity index (χ1n) is 10.3. The van der Waals surface area contributed by atoms with Gasteiger partial charge in [-0.05, 0) is 67.4 Å². The first kappa shape index (κ1) is 23.7. The molecule has 8 nitrogen and oxygen atoms in total. The van der Waals surface area contributed by atoms with Crippen molar-refractivity contribution in [3.63, 3.8) is 0 Å². The van der Waals surface area contributed by atoms with Gasteiger partial charge in [0.1, 0.15) is 0 Å². The van der Waals surface area contributed by atoms with Crippen LogP contribution in [0.3, 0.4) is 0 Å². The maximum atomic E-state index is 13.4. The Morgan fingerprint density at radius 2 is 1.79 bits per heavy atom. The van der Waals surface area contributed by atoms with Crippen molar-refractivity contribution in [2.75, 3.05) is 11.1 Å². The minimum absolute atomic E-state index is 0.0464. The van der Waals surface area contributed by atoms with Crippen molar-refractivity contribution in [2.45, 2.75) is 23.9 Å². The van der Waals surface area contributed by atoms with Crippen LogP contribution in [0.4, 0.5) is 5.69 Å². The standard InChI is InChI=1S/C24H22N4O4S2/c1-15-10-11-18(12-16(15)2)28-23(30)20-8-3-4-9-21(20)27-24(28)33-14-22(29)26-17-6-5-7-19(13-17)34(25,31)32/h3-13H,14H2,1-2H3,(H,26,29)(H2,25,31,32). The van der Waals surface area contributed by atoms with E-state index >= 15 is 0 Å². The van der Waals surface area contributed by atoms with Crippen molar-refractivity contribution >= 4 is 44.3 Å². The first-order valence-corrected chi connectivity index (χ1v) is 12.8. The molecule has 4 aromatic rings. The Hall–Kier alpha value is -3.47. The summed E-state index contributed by atoms with van der Waals surface area (Å²) in [6.07, 6.45) is 0. The number of rotatable bonds is 6. The van der Waals surface area contributed by atoms with Gasteiger partial charge in [-0.1, -0.05) is 36.0 Å². The summed E-state index contributed by atoms with van der Waals surface area (Å²) in [7, 11) is -3.89. The number of thioether (sulfide) groups is 1. The number of nitrogens with two attached hydrogens (primary N) is 1. The van der Waals surface area contributed by atoms with Crippen LogP contribution in [-0.2, 0) is 14.8 Å². The molecule has 0 aliphatic rings. The number of para-hydroxylation sites is 1. The van der Waals surface area contributed by atoms with Gasteiger partial charge in [0.15, 0.2) is 5.16 Å². The molecule has 1 heterocycles. The molecule has 1 amide bonds. The van der Waals surface area contributed by atoms with E-state index < -0.39 is 10.0 Å². The molecule has 174 valence electrons. The second kappa shape index (κ2) is 9.41. The van der Waals surface area contributed by atoms with Gasteiger partial charge in [-0.25, -0.2) is 18.5 Å². The third-order valence-corrected chi connectivity index (χ3v) is 7.12. The van der Waals surface area contributed by atoms with E-state index in [1.807, 2.05) is 32.0 Å². The highest BCUT2D eigenvalue weighted by Crippen LogP contribution is 2.23. The molecule has 34 heavy (non-hydrogen) atoms. The summed E-state index contributed by atoms with van der Waals surface area (Å²) in [6.45, 7) is 3.96. The molecule has 3 N–H and O–H groups in total. The fourth-order valence-electron chi connectivity index (χ4n) is 3.38. The van der Waals surface area contributed by atoms with Crippen LogP contribution in [0.15, 0.2) is 81.6 Å². The highest BCUT2D eigenvalue weighted by molar-refractivity contribution is 7.99. The summed E-state index contributed by atoms with van der Waals surface area (Å²) in [5.41, 5.74) is 3.40. The van der Waals surface area contributed by atoms with Gasteiger partial charge in [0.2, 0.25) is 15.9 Å². The molecule has 0 unspecified atom stereocenters. The Labute approximate surface area is 200 Å². The van der Waals surface area contributed by atoms with E-state index in [1.54, 1.807) is 30.3 Å². The fraction of sp³-hybridized carbons (Fsp3) is 0.125. The smallest absolute Gasteiger partial charge is 0.266 e. The molecule has 0 saturated carbocycles. The van der Waals surface area contributed by atoms with Crippen LogP contribution >= 0.6 is 11.8 Å². The maximum absolute atomic E-state index is 13.4. The van der Waals surface area contributed by atoms with E-state index in [2.05, 4.69) is 10.3 Å². The van der Waals surface area contributed by atoms with Crippen LogP contribution < -0.4 is 16.0 Å². The molecule has 0 radical (unpaired) electrons. The Kier molecular flexibility index (Phi) is 6.56. The van der Waals surface area contributed by atoms with E-state index in [1.165, 1.54) is 22.8 Å². The second-order valence-electron chi connectivity index (χ2n) is 7.73. The van der Waals surface area contributed by atoms with Crippen LogP contribution in [0.2, 0.25) is 0 Å². The summed E-state index contributed by atoms with van der Waals surface area (Å²) in [5, 5.41) is 8.67. The molecule has 0 aliphatic carbocycles. The Balaban J connectivity index is 1.66. The molecule has 0 bridgehead atoms. The Morgan fingerprint density at radius 1 is 1.03 bits per heavy atom. The minimum Gasteiger partial charge on any atom is -0.325 e. The van der Waals surface area contributed by atoms with Gasteiger partial charge in [0.05, 0.1) is 27.2 Å². The van der Waals surface area contributed by atoms with Gasteiger partial charge in [-0.15, -0.1) is 0 Å². The Morgan fingerprint density at radius 3 is 2.53 bits per heavy atom. The largest absolute Gasteiger partial charge is 0.325 e. The van der Waals surface area contributed by atoms with E-state index in [4.69, 9.17) is 5.14 Å². The summed E-state index contributed by atoms with van der Waals surface area (Å²) < 4.78 is 24.6. The number of fused-ring (bicyclic) bond motifs is 1. The molecule has 4 rings (SSSR count). The van der Waals surface area contributed by atoms with Gasteiger partial charge < -0.3 is 5.32 Å². The van der Waals surface area contributed by atoms with Crippen LogP contribution in [0.25, 0.3) is 16.6 Å². The number of anilines is 1. The highest BCUT2D eigenvalue weighted by atomic mass is 32.2. The van der Waals surface area contributed by atoms with Crippen LogP contribution in [0.5, 0.6) is 0 Å². The average Bonchev–Trinajstić information content (AvgIpc) is 2.79. The van der Waals surface area contributed by atoms with E-state index in [0.717, 1.165) is 22.9 Å². The zero-order valence-corrected chi connectivity index (χ0v) is 20.1. The number of aromatic nitrogens is 2. The van der Waals surface area contributed by atoms with Crippen LogP contribution in [0.1, 0.15) is 11.1 Å². The van der Waals surface area contributed by atoms with Crippen molar-refractivity contribution in [1.82, 2.24) is 9.55 Å². The maximum Gasteiger partial charge on any atom is 0.266 e. The zero-order valence-electron chi connectivity index (χ0n) is 18.5. The molecule has 1 aromatic heterocycles. The van der Waals surface area contributed by atoms with Gasteiger partial charge in [-0.2, -0.15) is 0 Å². The molecule has 3 aromatic carbocycles. The first-order chi connectivity index (χ1) is 16.1. The molecule has 0 saturated heterocycles. The lowest BCUT2D eigenvalue weighted by Crippen LogP contribution is -2.23. The number of nitrogens with zero attached hydrogens (tertiary/aromatic N) is 2. The molecule has 0 spiro atoms. The Bertz CT molecular complexity index is 1580. The number of nitrogens with one attached hydrogen (secondary N) is 1. The monoisotopic (exact) mass is 494 g/mol. The topological polar surface area (TPSA) is 124 Å². The third kappa shape index (κ3) is 5.04. The number of amides is 1. The molecule has 0 atom stereocenters. The summed E-state index contributed by atoms with van der Waals surface area (Å²) >= 11 is 1.11. The number of primary sulfonamides is 1. The van der Waals surface area contributed by atoms with Crippen molar-refractivity contribution < 1.29 is 13.2 Å². The lowest BCUT2D eigenvalue weighted by molar-refractivity contribution is -0.113. The fourth-order valence-corrected chi connectivity index (χ4v) is 4.75. The molecule has 10 heteroatoms. The van der Waals surface area contributed by atoms with E-state index in [9.17, 15) is 18.0 Å². The predicted molar refractivity (Wildman–Crippen MR) is 134 cm³/mol. The highest BCUT2D eigenvalue weighted by Gasteiger charge is 2.16. The van der Waals surface area contributed by atoms with Crippen molar-refractivity contribution in [2.24, 2.45) is 5.14 Å². The quantitative estimate of drug-likeness (QED) is 0.313. The van der Waals surface area contributed by atoms with Gasteiger partial charge in [-0.3, -0.25) is 14.2 Å². The lowest BCUT2D eigenvalue weighted by Gasteiger charge is -2.14. The number of carbonyl (C=O) groups is 1. The van der Waals surface area contributed by atoms with Gasteiger partial charge in [0.25, 0.3) is 5.56 Å². The van der Waals surface area contributed by atoms with Gasteiger partial charge >= 0.3 is 0 Å². The van der Waals surface area contributed by atoms with Crippen molar-refractivity contribution in [3.8, 4) is 5.69 Å². The second-order valence-corrected chi connectivity index (χ2v) is 10.2. The summed E-state index contributed by atoms with van der Waals surface area (Å²) in [6, 6.07) is 18.5. The number of hydrogen-bond acceptors (Lipinski definition) is 6. The summed E-state index contributed by atoms with van der Waals surface area (Å²) in [4.78, 5) is 30.5. The van der Waals surface area contributed by atoms with Crippen LogP contribution in [-0.4, -0.2) is 29.6 Å². The van der Waals surface area contributed by atoms with Crippen LogP contribution in [0, 0.1) is 13.8 Å². The number of sulfonamides is 1. The third-order valence-electron chi connectivity index (χ3n) is 5.27. The number of hydrogen-bond donors (Lipinski definition) is 2. The normalized spacial score (nSPS) is 11.5. The zero-order chi connectivity index (χ0) is 24.5. The van der Waals surface area contributed by atoms with Gasteiger partial charge in [0, 0.05) is 5.69 Å². The van der Waals surface area contributed by atoms with E-state index in [-0.39, 0.29) is 22.1 Å². The molecular weight excluding hydrogens is 472 g/mol. The number of benzene rings is 3. The minimum atomic E-state index is -3.89. The summed E-state index contributed by atoms with van der Waals surface area (Å²) in [5.74, 6) is -0.430. The van der Waals surface area contributed by atoms with E-state index in [0.29, 0.717) is 27.4 Å². The number of aryl methyl sites for hydroxylation is 2. The lowest BCUT2D eigenvalue weighted by atomic mass is 10.1. The predicted octanol–water partition coefficient (Wildman–Crippen LogP) is 3.38. The number of carbonyl (C=O) groups excluding carboxylic acids is 1. The SMILES string of the molecule is Cc1ccc(-n2c(SCC(=O)Nc3cccc(S(N)(=O)=O)c3)nc3ccccc3c2=O)cc1C. The van der Waals surface area contributed by atoms with Crippen molar-refractivity contribution in [3.05, 3.63) is 88.2 Å². The average molecular weight is 495 g/mol. The molecule has 0 aliphatic heterocycles. The molecule has 0 fully saturated rings. The molecular formula is C24H22N4O4S2.